The summed E-state index contributed by atoms with van der Waals surface area (Å²) in [6.45, 7) is 5.74. The molecule has 5 heteroatoms. The van der Waals surface area contributed by atoms with Crippen molar-refractivity contribution in [2.24, 2.45) is 5.92 Å². The summed E-state index contributed by atoms with van der Waals surface area (Å²) in [5.41, 5.74) is 2.66. The molecular weight excluding hydrogens is 317 g/mol. The van der Waals surface area contributed by atoms with Crippen molar-refractivity contribution in [1.29, 1.82) is 0 Å². The van der Waals surface area contributed by atoms with Gasteiger partial charge in [-0.05, 0) is 61.3 Å². The lowest BCUT2D eigenvalue weighted by molar-refractivity contribution is 0.0662. The Kier molecular flexibility index (Phi) is 5.51. The SMILES string of the molecule is CC(C)c1cc(C(=O)N2CCC[C@@H](CCc3ccc(F)cc3)C2)n[nH]1. The fourth-order valence-corrected chi connectivity index (χ4v) is 3.41. The van der Waals surface area contributed by atoms with Crippen molar-refractivity contribution < 1.29 is 9.18 Å². The van der Waals surface area contributed by atoms with Crippen molar-refractivity contribution in [3.05, 3.63) is 53.1 Å². The predicted molar refractivity (Wildman–Crippen MR) is 96.0 cm³/mol. The fraction of sp³-hybridized carbons (Fsp3) is 0.500. The largest absolute Gasteiger partial charge is 0.337 e. The molecule has 2 aromatic rings. The maximum Gasteiger partial charge on any atom is 0.274 e. The zero-order valence-corrected chi connectivity index (χ0v) is 15.0. The number of nitrogens with one attached hydrogen (secondary N) is 1. The predicted octanol–water partition coefficient (Wildman–Crippen LogP) is 4.16. The molecule has 0 unspecified atom stereocenters. The van der Waals surface area contributed by atoms with Crippen molar-refractivity contribution in [3.8, 4) is 0 Å². The zero-order valence-electron chi connectivity index (χ0n) is 15.0. The van der Waals surface area contributed by atoms with Gasteiger partial charge in [-0.1, -0.05) is 26.0 Å². The first kappa shape index (κ1) is 17.6. The number of rotatable bonds is 5. The van der Waals surface area contributed by atoms with Gasteiger partial charge in [0.1, 0.15) is 11.5 Å². The Balaban J connectivity index is 1.56. The summed E-state index contributed by atoms with van der Waals surface area (Å²) >= 11 is 0. The van der Waals surface area contributed by atoms with Gasteiger partial charge in [-0.3, -0.25) is 9.89 Å². The third-order valence-corrected chi connectivity index (χ3v) is 5.00. The molecule has 1 amide bonds. The van der Waals surface area contributed by atoms with E-state index in [-0.39, 0.29) is 11.7 Å². The summed E-state index contributed by atoms with van der Waals surface area (Å²) in [5, 5.41) is 7.15. The quantitative estimate of drug-likeness (QED) is 0.886. The number of nitrogens with zero attached hydrogens (tertiary/aromatic N) is 2. The summed E-state index contributed by atoms with van der Waals surface area (Å²) in [6, 6.07) is 8.58. The van der Waals surface area contributed by atoms with Crippen LogP contribution in [0.15, 0.2) is 30.3 Å². The van der Waals surface area contributed by atoms with Crippen molar-refractivity contribution in [1.82, 2.24) is 15.1 Å². The van der Waals surface area contributed by atoms with E-state index in [9.17, 15) is 9.18 Å². The van der Waals surface area contributed by atoms with Crippen molar-refractivity contribution >= 4 is 5.91 Å². The van der Waals surface area contributed by atoms with Crippen LogP contribution in [0.2, 0.25) is 0 Å². The standard InChI is InChI=1S/C20H26FN3O/c1-14(2)18-12-19(23-22-18)20(25)24-11-3-4-16(13-24)6-5-15-7-9-17(21)10-8-15/h7-10,12,14,16H,3-6,11,13H2,1-2H3,(H,22,23)/t16-/m0/s1. The fourth-order valence-electron chi connectivity index (χ4n) is 3.41. The molecule has 1 N–H and O–H groups in total. The average molecular weight is 343 g/mol. The molecule has 0 bridgehead atoms. The molecule has 0 aliphatic carbocycles. The number of likely N-dealkylation sites (tertiary alicyclic amines) is 1. The van der Waals surface area contributed by atoms with Crippen LogP contribution in [0.25, 0.3) is 0 Å². The first-order valence-corrected chi connectivity index (χ1v) is 9.12. The number of hydrogen-bond acceptors (Lipinski definition) is 2. The highest BCUT2D eigenvalue weighted by atomic mass is 19.1. The Morgan fingerprint density at radius 1 is 1.36 bits per heavy atom. The summed E-state index contributed by atoms with van der Waals surface area (Å²) < 4.78 is 13.0. The minimum Gasteiger partial charge on any atom is -0.337 e. The number of halogens is 1. The molecule has 0 spiro atoms. The lowest BCUT2D eigenvalue weighted by Crippen LogP contribution is -2.40. The molecule has 1 aliphatic rings. The number of H-pyrrole nitrogens is 1. The molecule has 25 heavy (non-hydrogen) atoms. The van der Waals surface area contributed by atoms with E-state index in [0.717, 1.165) is 50.0 Å². The minimum absolute atomic E-state index is 0.0228. The molecule has 134 valence electrons. The minimum atomic E-state index is -0.196. The number of carbonyl (C=O) groups excluding carboxylic acids is 1. The van der Waals surface area contributed by atoms with Gasteiger partial charge in [-0.25, -0.2) is 4.39 Å². The Morgan fingerprint density at radius 2 is 2.12 bits per heavy atom. The van der Waals surface area contributed by atoms with Gasteiger partial charge in [0.2, 0.25) is 0 Å². The molecule has 1 aliphatic heterocycles. The van der Waals surface area contributed by atoms with Gasteiger partial charge >= 0.3 is 0 Å². The molecule has 1 fully saturated rings. The van der Waals surface area contributed by atoms with Crippen LogP contribution in [0.4, 0.5) is 4.39 Å². The van der Waals surface area contributed by atoms with Gasteiger partial charge in [-0.15, -0.1) is 0 Å². The highest BCUT2D eigenvalue weighted by Gasteiger charge is 2.26. The van der Waals surface area contributed by atoms with E-state index in [1.807, 2.05) is 23.1 Å². The molecule has 3 rings (SSSR count). The normalized spacial score (nSPS) is 17.9. The van der Waals surface area contributed by atoms with Gasteiger partial charge in [0.25, 0.3) is 5.91 Å². The van der Waals surface area contributed by atoms with Crippen LogP contribution >= 0.6 is 0 Å². The molecule has 0 radical (unpaired) electrons. The van der Waals surface area contributed by atoms with Gasteiger partial charge in [-0.2, -0.15) is 5.10 Å². The van der Waals surface area contributed by atoms with E-state index < -0.39 is 0 Å². The smallest absolute Gasteiger partial charge is 0.274 e. The highest BCUT2D eigenvalue weighted by molar-refractivity contribution is 5.92. The van der Waals surface area contributed by atoms with E-state index in [1.165, 1.54) is 12.1 Å². The lowest BCUT2D eigenvalue weighted by Gasteiger charge is -2.32. The van der Waals surface area contributed by atoms with Crippen LogP contribution in [0.1, 0.15) is 60.8 Å². The van der Waals surface area contributed by atoms with Crippen LogP contribution in [-0.2, 0) is 6.42 Å². The number of benzene rings is 1. The molecule has 2 heterocycles. The summed E-state index contributed by atoms with van der Waals surface area (Å²) in [5.74, 6) is 0.651. The van der Waals surface area contributed by atoms with E-state index in [0.29, 0.717) is 17.5 Å². The average Bonchev–Trinajstić information content (AvgIpc) is 3.11. The van der Waals surface area contributed by atoms with E-state index in [4.69, 9.17) is 0 Å². The van der Waals surface area contributed by atoms with Crippen molar-refractivity contribution in [2.45, 2.75) is 45.4 Å². The molecule has 4 nitrogen and oxygen atoms in total. The van der Waals surface area contributed by atoms with Crippen LogP contribution in [-0.4, -0.2) is 34.1 Å². The van der Waals surface area contributed by atoms with E-state index in [2.05, 4.69) is 24.0 Å². The second-order valence-electron chi connectivity index (χ2n) is 7.29. The molecule has 1 aromatic heterocycles. The first-order chi connectivity index (χ1) is 12.0. The number of aromatic amines is 1. The molecule has 1 aromatic carbocycles. The first-order valence-electron chi connectivity index (χ1n) is 9.12. The Labute approximate surface area is 148 Å². The monoisotopic (exact) mass is 343 g/mol. The third kappa shape index (κ3) is 4.47. The van der Waals surface area contributed by atoms with Gasteiger partial charge < -0.3 is 4.90 Å². The Hall–Kier alpha value is -2.17. The van der Waals surface area contributed by atoms with Gasteiger partial charge in [0, 0.05) is 18.8 Å². The summed E-state index contributed by atoms with van der Waals surface area (Å²) in [4.78, 5) is 14.6. The number of piperidine rings is 1. The second kappa shape index (κ2) is 7.81. The topological polar surface area (TPSA) is 49.0 Å². The van der Waals surface area contributed by atoms with E-state index >= 15 is 0 Å². The number of carbonyl (C=O) groups is 1. The number of hydrogen-bond donors (Lipinski definition) is 1. The number of aromatic nitrogens is 2. The van der Waals surface area contributed by atoms with Crippen LogP contribution < -0.4 is 0 Å². The molecule has 0 saturated carbocycles. The summed E-state index contributed by atoms with van der Waals surface area (Å²) in [7, 11) is 0. The highest BCUT2D eigenvalue weighted by Crippen LogP contribution is 2.23. The number of amides is 1. The maximum absolute atomic E-state index is 13.0. The Morgan fingerprint density at radius 3 is 2.80 bits per heavy atom. The maximum atomic E-state index is 13.0. The van der Waals surface area contributed by atoms with Crippen LogP contribution in [0, 0.1) is 11.7 Å². The summed E-state index contributed by atoms with van der Waals surface area (Å²) in [6.07, 6.45) is 4.12. The van der Waals surface area contributed by atoms with Crippen LogP contribution in [0.3, 0.4) is 0 Å². The molecular formula is C20H26FN3O. The third-order valence-electron chi connectivity index (χ3n) is 5.00. The molecule has 1 atom stereocenters. The van der Waals surface area contributed by atoms with Gasteiger partial charge in [0.15, 0.2) is 0 Å². The zero-order chi connectivity index (χ0) is 17.8. The van der Waals surface area contributed by atoms with E-state index in [1.54, 1.807) is 0 Å². The van der Waals surface area contributed by atoms with Crippen LogP contribution in [0.5, 0.6) is 0 Å². The second-order valence-corrected chi connectivity index (χ2v) is 7.29. The number of aryl methyl sites for hydroxylation is 1. The van der Waals surface area contributed by atoms with Crippen molar-refractivity contribution in [2.75, 3.05) is 13.1 Å². The Bertz CT molecular complexity index is 708. The lowest BCUT2D eigenvalue weighted by atomic mass is 9.91. The van der Waals surface area contributed by atoms with Gasteiger partial charge in [0.05, 0.1) is 0 Å². The molecule has 1 saturated heterocycles. The van der Waals surface area contributed by atoms with Crippen molar-refractivity contribution in [3.63, 3.8) is 0 Å².